The van der Waals surface area contributed by atoms with Gasteiger partial charge >= 0.3 is 0 Å². The van der Waals surface area contributed by atoms with Gasteiger partial charge in [0.1, 0.15) is 0 Å². The zero-order valence-corrected chi connectivity index (χ0v) is 13.5. The molecule has 1 heterocycles. The highest BCUT2D eigenvalue weighted by atomic mass is 16.5. The van der Waals surface area contributed by atoms with Crippen LogP contribution >= 0.6 is 0 Å². The zero-order valence-electron chi connectivity index (χ0n) is 13.5. The molecular weight excluding hydrogens is 310 g/mol. The molecule has 0 aliphatic heterocycles. The standard InChI is InChI=1S/C17H21N3O4/c1-23-11-9-18-7-8-19-16(21)13-4-2-5-14(12-13)20-17(22)15-6-3-10-24-15/h2-6,10,12,18H,7-9,11H2,1H3,(H,19,21)(H,20,22). The molecule has 0 fully saturated rings. The summed E-state index contributed by atoms with van der Waals surface area (Å²) in [4.78, 5) is 24.0. The topological polar surface area (TPSA) is 92.6 Å². The summed E-state index contributed by atoms with van der Waals surface area (Å²) in [6.45, 7) is 2.53. The molecule has 128 valence electrons. The van der Waals surface area contributed by atoms with E-state index in [0.717, 1.165) is 6.54 Å². The summed E-state index contributed by atoms with van der Waals surface area (Å²) in [5.41, 5.74) is 1.01. The molecule has 0 saturated heterocycles. The number of ether oxygens (including phenoxy) is 1. The normalized spacial score (nSPS) is 10.4. The number of carbonyl (C=O) groups excluding carboxylic acids is 2. The Hall–Kier alpha value is -2.64. The van der Waals surface area contributed by atoms with Crippen LogP contribution in [0.4, 0.5) is 5.69 Å². The van der Waals surface area contributed by atoms with Gasteiger partial charge in [0, 0.05) is 38.0 Å². The first-order chi connectivity index (χ1) is 11.7. The van der Waals surface area contributed by atoms with Crippen molar-refractivity contribution >= 4 is 17.5 Å². The summed E-state index contributed by atoms with van der Waals surface area (Å²) in [5.74, 6) is -0.343. The Morgan fingerprint density at radius 2 is 1.96 bits per heavy atom. The van der Waals surface area contributed by atoms with Crippen LogP contribution in [0, 0.1) is 0 Å². The summed E-state index contributed by atoms with van der Waals surface area (Å²) in [7, 11) is 1.64. The molecule has 2 rings (SSSR count). The van der Waals surface area contributed by atoms with Gasteiger partial charge in [-0.25, -0.2) is 0 Å². The van der Waals surface area contributed by atoms with E-state index in [2.05, 4.69) is 16.0 Å². The first kappa shape index (κ1) is 17.7. The van der Waals surface area contributed by atoms with Crippen molar-refractivity contribution in [2.45, 2.75) is 0 Å². The van der Waals surface area contributed by atoms with Crippen LogP contribution in [0.3, 0.4) is 0 Å². The third-order valence-electron chi connectivity index (χ3n) is 3.20. The van der Waals surface area contributed by atoms with E-state index in [1.165, 1.54) is 6.26 Å². The fourth-order valence-electron chi connectivity index (χ4n) is 2.00. The van der Waals surface area contributed by atoms with Crippen molar-refractivity contribution in [2.24, 2.45) is 0 Å². The minimum absolute atomic E-state index is 0.197. The van der Waals surface area contributed by atoms with E-state index in [4.69, 9.17) is 9.15 Å². The summed E-state index contributed by atoms with van der Waals surface area (Å²) < 4.78 is 9.95. The molecule has 7 heteroatoms. The second-order valence-electron chi connectivity index (χ2n) is 5.01. The number of amides is 2. The van der Waals surface area contributed by atoms with Crippen LogP contribution in [0.25, 0.3) is 0 Å². The summed E-state index contributed by atoms with van der Waals surface area (Å²) >= 11 is 0. The van der Waals surface area contributed by atoms with Crippen molar-refractivity contribution in [2.75, 3.05) is 38.7 Å². The molecule has 2 amide bonds. The number of carbonyl (C=O) groups is 2. The van der Waals surface area contributed by atoms with E-state index >= 15 is 0 Å². The molecule has 0 atom stereocenters. The third kappa shape index (κ3) is 5.53. The number of nitrogens with one attached hydrogen (secondary N) is 3. The summed E-state index contributed by atoms with van der Waals surface area (Å²) in [6.07, 6.45) is 1.43. The van der Waals surface area contributed by atoms with Gasteiger partial charge in [-0.2, -0.15) is 0 Å². The number of benzene rings is 1. The number of anilines is 1. The van der Waals surface area contributed by atoms with E-state index in [9.17, 15) is 9.59 Å². The maximum Gasteiger partial charge on any atom is 0.291 e. The largest absolute Gasteiger partial charge is 0.459 e. The minimum Gasteiger partial charge on any atom is -0.459 e. The molecule has 0 spiro atoms. The molecule has 0 aliphatic carbocycles. The van der Waals surface area contributed by atoms with Gasteiger partial charge in [-0.3, -0.25) is 9.59 Å². The lowest BCUT2D eigenvalue weighted by Crippen LogP contribution is -2.33. The highest BCUT2D eigenvalue weighted by molar-refractivity contribution is 6.03. The number of methoxy groups -OCH3 is 1. The second kappa shape index (κ2) is 9.49. The van der Waals surface area contributed by atoms with E-state index in [1.807, 2.05) is 0 Å². The quantitative estimate of drug-likeness (QED) is 0.606. The van der Waals surface area contributed by atoms with Crippen LogP contribution in [0.1, 0.15) is 20.9 Å². The highest BCUT2D eigenvalue weighted by Gasteiger charge is 2.10. The van der Waals surface area contributed by atoms with Crippen LogP contribution in [0.5, 0.6) is 0 Å². The van der Waals surface area contributed by atoms with Gasteiger partial charge in [-0.05, 0) is 30.3 Å². The van der Waals surface area contributed by atoms with Gasteiger partial charge in [0.05, 0.1) is 12.9 Å². The minimum atomic E-state index is -0.361. The van der Waals surface area contributed by atoms with Crippen molar-refractivity contribution in [1.82, 2.24) is 10.6 Å². The first-order valence-electron chi connectivity index (χ1n) is 7.63. The molecule has 0 aliphatic rings. The van der Waals surface area contributed by atoms with Crippen molar-refractivity contribution in [3.63, 3.8) is 0 Å². The van der Waals surface area contributed by atoms with Gasteiger partial charge in [-0.1, -0.05) is 6.07 Å². The molecule has 2 aromatic rings. The van der Waals surface area contributed by atoms with E-state index < -0.39 is 0 Å². The number of rotatable bonds is 9. The Labute approximate surface area is 140 Å². The Morgan fingerprint density at radius 3 is 2.71 bits per heavy atom. The predicted molar refractivity (Wildman–Crippen MR) is 90.2 cm³/mol. The maximum atomic E-state index is 12.1. The lowest BCUT2D eigenvalue weighted by Gasteiger charge is -2.08. The van der Waals surface area contributed by atoms with Crippen LogP contribution in [-0.4, -0.2) is 45.2 Å². The van der Waals surface area contributed by atoms with E-state index in [1.54, 1.807) is 43.5 Å². The fraction of sp³-hybridized carbons (Fsp3) is 0.294. The predicted octanol–water partition coefficient (Wildman–Crippen LogP) is 1.50. The van der Waals surface area contributed by atoms with Crippen molar-refractivity contribution < 1.29 is 18.7 Å². The Bertz CT molecular complexity index is 656. The number of hydrogen-bond donors (Lipinski definition) is 3. The second-order valence-corrected chi connectivity index (χ2v) is 5.01. The van der Waals surface area contributed by atoms with E-state index in [0.29, 0.717) is 30.9 Å². The molecule has 1 aromatic carbocycles. The van der Waals surface area contributed by atoms with Gasteiger partial charge in [0.25, 0.3) is 11.8 Å². The Kier molecular flexibility index (Phi) is 7.00. The first-order valence-corrected chi connectivity index (χ1v) is 7.63. The molecule has 0 radical (unpaired) electrons. The van der Waals surface area contributed by atoms with Crippen LogP contribution in [-0.2, 0) is 4.74 Å². The molecule has 3 N–H and O–H groups in total. The van der Waals surface area contributed by atoms with Crippen LogP contribution in [0.2, 0.25) is 0 Å². The Morgan fingerprint density at radius 1 is 1.08 bits per heavy atom. The van der Waals surface area contributed by atoms with Gasteiger partial charge in [-0.15, -0.1) is 0 Å². The molecule has 7 nitrogen and oxygen atoms in total. The van der Waals surface area contributed by atoms with Crippen LogP contribution < -0.4 is 16.0 Å². The van der Waals surface area contributed by atoms with Crippen molar-refractivity contribution in [3.05, 3.63) is 54.0 Å². The molecule has 0 unspecified atom stereocenters. The highest BCUT2D eigenvalue weighted by Crippen LogP contribution is 2.12. The number of hydrogen-bond acceptors (Lipinski definition) is 5. The fourth-order valence-corrected chi connectivity index (χ4v) is 2.00. The maximum absolute atomic E-state index is 12.1. The van der Waals surface area contributed by atoms with Crippen LogP contribution in [0.15, 0.2) is 47.1 Å². The molecule has 0 bridgehead atoms. The van der Waals surface area contributed by atoms with Gasteiger partial charge in [0.15, 0.2) is 5.76 Å². The van der Waals surface area contributed by atoms with Gasteiger partial charge < -0.3 is 25.1 Å². The van der Waals surface area contributed by atoms with Crippen molar-refractivity contribution in [3.8, 4) is 0 Å². The molecular formula is C17H21N3O4. The zero-order chi connectivity index (χ0) is 17.2. The smallest absolute Gasteiger partial charge is 0.291 e. The SMILES string of the molecule is COCCNCCNC(=O)c1cccc(NC(=O)c2ccco2)c1. The van der Waals surface area contributed by atoms with Gasteiger partial charge in [0.2, 0.25) is 0 Å². The lowest BCUT2D eigenvalue weighted by molar-refractivity contribution is 0.0951. The summed E-state index contributed by atoms with van der Waals surface area (Å²) in [5, 5.41) is 8.64. The molecule has 1 aromatic heterocycles. The average Bonchev–Trinajstić information content (AvgIpc) is 3.13. The number of furan rings is 1. The molecule has 24 heavy (non-hydrogen) atoms. The van der Waals surface area contributed by atoms with Crippen molar-refractivity contribution in [1.29, 1.82) is 0 Å². The van der Waals surface area contributed by atoms with E-state index in [-0.39, 0.29) is 17.6 Å². The molecule has 0 saturated carbocycles. The Balaban J connectivity index is 1.83. The summed E-state index contributed by atoms with van der Waals surface area (Å²) in [6, 6.07) is 9.94. The average molecular weight is 331 g/mol. The monoisotopic (exact) mass is 331 g/mol. The lowest BCUT2D eigenvalue weighted by atomic mass is 10.2. The third-order valence-corrected chi connectivity index (χ3v) is 3.20.